The predicted molar refractivity (Wildman–Crippen MR) is 137 cm³/mol. The van der Waals surface area contributed by atoms with E-state index in [1.54, 1.807) is 12.5 Å². The Bertz CT molecular complexity index is 1430. The van der Waals surface area contributed by atoms with Crippen LogP contribution in [0.1, 0.15) is 11.3 Å². The first-order valence-electron chi connectivity index (χ1n) is 11.4. The monoisotopic (exact) mass is 465 g/mol. The first kappa shape index (κ1) is 22.5. The van der Waals surface area contributed by atoms with Crippen LogP contribution in [0.2, 0.25) is 0 Å². The van der Waals surface area contributed by atoms with Gasteiger partial charge in [-0.25, -0.2) is 15.0 Å². The van der Waals surface area contributed by atoms with E-state index in [1.807, 2.05) is 88.0 Å². The molecule has 0 atom stereocenters. The molecule has 0 aliphatic rings. The molecular weight excluding hydrogens is 438 g/mol. The van der Waals surface area contributed by atoms with Crippen LogP contribution in [0.5, 0.6) is 5.75 Å². The van der Waals surface area contributed by atoms with Gasteiger partial charge < -0.3 is 19.5 Å². The Morgan fingerprint density at radius 3 is 2.49 bits per heavy atom. The summed E-state index contributed by atoms with van der Waals surface area (Å²) in [4.78, 5) is 20.2. The highest BCUT2D eigenvalue weighted by Gasteiger charge is 2.13. The van der Waals surface area contributed by atoms with Crippen LogP contribution in [-0.2, 0) is 20.2 Å². The van der Waals surface area contributed by atoms with E-state index in [9.17, 15) is 0 Å². The SMILES string of the molecule is CN(C)Cc1cnc(-c2cc3c(Nc4ccc(OCc5ccccc5)cc4)ncnc3cn2)n1C. The molecule has 0 saturated carbocycles. The van der Waals surface area contributed by atoms with Gasteiger partial charge in [-0.2, -0.15) is 0 Å². The molecule has 5 aromatic rings. The number of fused-ring (bicyclic) bond motifs is 1. The maximum atomic E-state index is 5.90. The van der Waals surface area contributed by atoms with Crippen LogP contribution in [0.15, 0.2) is 79.4 Å². The molecule has 35 heavy (non-hydrogen) atoms. The van der Waals surface area contributed by atoms with Crippen molar-refractivity contribution in [2.45, 2.75) is 13.2 Å². The van der Waals surface area contributed by atoms with E-state index in [0.29, 0.717) is 12.4 Å². The summed E-state index contributed by atoms with van der Waals surface area (Å²) in [7, 11) is 6.09. The van der Waals surface area contributed by atoms with Gasteiger partial charge >= 0.3 is 0 Å². The van der Waals surface area contributed by atoms with Crippen molar-refractivity contribution in [3.8, 4) is 17.3 Å². The molecule has 0 bridgehead atoms. The van der Waals surface area contributed by atoms with E-state index in [4.69, 9.17) is 4.74 Å². The molecule has 0 aliphatic carbocycles. The Balaban J connectivity index is 1.36. The first-order valence-corrected chi connectivity index (χ1v) is 11.4. The number of benzene rings is 2. The Hall–Kier alpha value is -4.30. The van der Waals surface area contributed by atoms with Crippen LogP contribution < -0.4 is 10.1 Å². The summed E-state index contributed by atoms with van der Waals surface area (Å²) in [5, 5.41) is 4.28. The van der Waals surface area contributed by atoms with E-state index in [2.05, 4.69) is 34.7 Å². The van der Waals surface area contributed by atoms with Crippen molar-refractivity contribution >= 4 is 22.4 Å². The van der Waals surface area contributed by atoms with Gasteiger partial charge in [0.25, 0.3) is 0 Å². The number of nitrogens with zero attached hydrogens (tertiary/aromatic N) is 6. The van der Waals surface area contributed by atoms with E-state index in [0.717, 1.165) is 51.7 Å². The molecule has 176 valence electrons. The zero-order valence-corrected chi connectivity index (χ0v) is 20.0. The molecule has 8 nitrogen and oxygen atoms in total. The quantitative estimate of drug-likeness (QED) is 0.352. The van der Waals surface area contributed by atoms with Crippen molar-refractivity contribution < 1.29 is 4.74 Å². The molecule has 0 fully saturated rings. The second-order valence-corrected chi connectivity index (χ2v) is 8.60. The molecule has 2 aromatic carbocycles. The van der Waals surface area contributed by atoms with Gasteiger partial charge in [-0.3, -0.25) is 4.98 Å². The van der Waals surface area contributed by atoms with Gasteiger partial charge in [-0.15, -0.1) is 0 Å². The fourth-order valence-corrected chi connectivity index (χ4v) is 3.85. The zero-order valence-electron chi connectivity index (χ0n) is 20.0. The number of imidazole rings is 1. The normalized spacial score (nSPS) is 11.2. The van der Waals surface area contributed by atoms with Crippen LogP contribution in [0, 0.1) is 0 Å². The topological polar surface area (TPSA) is 81.0 Å². The van der Waals surface area contributed by atoms with Gasteiger partial charge in [0, 0.05) is 24.7 Å². The smallest absolute Gasteiger partial charge is 0.158 e. The zero-order chi connectivity index (χ0) is 24.2. The number of aromatic nitrogens is 5. The minimum absolute atomic E-state index is 0.531. The fraction of sp³-hybridized carbons (Fsp3) is 0.185. The van der Waals surface area contributed by atoms with Gasteiger partial charge in [-0.05, 0) is 50.0 Å². The Kier molecular flexibility index (Phi) is 6.36. The lowest BCUT2D eigenvalue weighted by atomic mass is 10.2. The van der Waals surface area contributed by atoms with Gasteiger partial charge in [0.05, 0.1) is 23.6 Å². The summed E-state index contributed by atoms with van der Waals surface area (Å²) in [6, 6.07) is 19.9. The lowest BCUT2D eigenvalue weighted by molar-refractivity contribution is 0.306. The molecule has 8 heteroatoms. The number of hydrogen-bond acceptors (Lipinski definition) is 7. The van der Waals surface area contributed by atoms with Crippen molar-refractivity contribution in [3.05, 3.63) is 90.6 Å². The van der Waals surface area contributed by atoms with E-state index < -0.39 is 0 Å². The predicted octanol–water partition coefficient (Wildman–Crippen LogP) is 4.81. The van der Waals surface area contributed by atoms with E-state index in [1.165, 1.54) is 0 Å². The number of ether oxygens (including phenoxy) is 1. The Morgan fingerprint density at radius 1 is 0.914 bits per heavy atom. The molecule has 0 aliphatic heterocycles. The highest BCUT2D eigenvalue weighted by Crippen LogP contribution is 2.27. The van der Waals surface area contributed by atoms with Gasteiger partial charge in [0.1, 0.15) is 30.2 Å². The molecule has 0 radical (unpaired) electrons. The Morgan fingerprint density at radius 2 is 1.71 bits per heavy atom. The first-order chi connectivity index (χ1) is 17.1. The van der Waals surface area contributed by atoms with Crippen LogP contribution in [0.3, 0.4) is 0 Å². The highest BCUT2D eigenvalue weighted by molar-refractivity contribution is 5.92. The maximum absolute atomic E-state index is 5.90. The van der Waals surface area contributed by atoms with Crippen molar-refractivity contribution in [1.82, 2.24) is 29.4 Å². The van der Waals surface area contributed by atoms with Crippen LogP contribution >= 0.6 is 0 Å². The minimum atomic E-state index is 0.531. The van der Waals surface area contributed by atoms with Crippen LogP contribution in [-0.4, -0.2) is 43.5 Å². The van der Waals surface area contributed by atoms with Crippen LogP contribution in [0.25, 0.3) is 22.4 Å². The second-order valence-electron chi connectivity index (χ2n) is 8.60. The molecule has 1 N–H and O–H groups in total. The standard InChI is InChI=1S/C27H27N7O/c1-33(2)16-21-14-29-27(34(21)3)24-13-23-25(15-28-24)30-18-31-26(23)32-20-9-11-22(12-10-20)35-17-19-7-5-4-6-8-19/h4-15,18H,16-17H2,1-3H3,(H,30,31,32). The number of anilines is 2. The van der Waals surface area contributed by atoms with E-state index in [-0.39, 0.29) is 0 Å². The lowest BCUT2D eigenvalue weighted by Crippen LogP contribution is -2.13. The average Bonchev–Trinajstić information content (AvgIpc) is 3.23. The molecule has 0 saturated heterocycles. The summed E-state index contributed by atoms with van der Waals surface area (Å²) in [6.07, 6.45) is 5.20. The summed E-state index contributed by atoms with van der Waals surface area (Å²) < 4.78 is 7.96. The molecule has 3 heterocycles. The van der Waals surface area contributed by atoms with Gasteiger partial charge in [0.15, 0.2) is 5.82 Å². The van der Waals surface area contributed by atoms with Crippen molar-refractivity contribution in [2.75, 3.05) is 19.4 Å². The summed E-state index contributed by atoms with van der Waals surface area (Å²) in [5.74, 6) is 2.32. The minimum Gasteiger partial charge on any atom is -0.489 e. The van der Waals surface area contributed by atoms with Crippen molar-refractivity contribution in [3.63, 3.8) is 0 Å². The molecule has 0 spiro atoms. The van der Waals surface area contributed by atoms with Crippen molar-refractivity contribution in [2.24, 2.45) is 7.05 Å². The number of hydrogen-bond donors (Lipinski definition) is 1. The number of rotatable bonds is 8. The maximum Gasteiger partial charge on any atom is 0.158 e. The van der Waals surface area contributed by atoms with Crippen LogP contribution in [0.4, 0.5) is 11.5 Å². The third kappa shape index (κ3) is 5.12. The Labute approximate surface area is 204 Å². The number of pyridine rings is 1. The molecular formula is C27H27N7O. The average molecular weight is 466 g/mol. The fourth-order valence-electron chi connectivity index (χ4n) is 3.85. The third-order valence-electron chi connectivity index (χ3n) is 5.68. The summed E-state index contributed by atoms with van der Waals surface area (Å²) in [5.41, 5.74) is 4.68. The molecule has 3 aromatic heterocycles. The molecule has 5 rings (SSSR count). The largest absolute Gasteiger partial charge is 0.489 e. The summed E-state index contributed by atoms with van der Waals surface area (Å²) in [6.45, 7) is 1.33. The summed E-state index contributed by atoms with van der Waals surface area (Å²) >= 11 is 0. The highest BCUT2D eigenvalue weighted by atomic mass is 16.5. The van der Waals surface area contributed by atoms with E-state index >= 15 is 0 Å². The van der Waals surface area contributed by atoms with Gasteiger partial charge in [-0.1, -0.05) is 30.3 Å². The van der Waals surface area contributed by atoms with Crippen molar-refractivity contribution in [1.29, 1.82) is 0 Å². The third-order valence-corrected chi connectivity index (χ3v) is 5.68. The molecule has 0 unspecified atom stereocenters. The molecule has 0 amide bonds. The second kappa shape index (κ2) is 9.90. The van der Waals surface area contributed by atoms with Gasteiger partial charge in [0.2, 0.25) is 0 Å². The lowest BCUT2D eigenvalue weighted by Gasteiger charge is -2.12. The number of nitrogens with one attached hydrogen (secondary N) is 1.